The molecule has 0 amide bonds. The molecule has 0 heterocycles. The minimum Gasteiger partial charge on any atom is -0.492 e. The van der Waals surface area contributed by atoms with Crippen LogP contribution < -0.4 is 10.1 Å². The molecule has 0 aliphatic heterocycles. The number of hydrogen-bond acceptors (Lipinski definition) is 2. The van der Waals surface area contributed by atoms with Gasteiger partial charge in [-0.2, -0.15) is 0 Å². The van der Waals surface area contributed by atoms with Crippen LogP contribution in [0.4, 0.5) is 0 Å². The van der Waals surface area contributed by atoms with Gasteiger partial charge in [0.15, 0.2) is 0 Å². The predicted octanol–water partition coefficient (Wildman–Crippen LogP) is 2.72. The second kappa shape index (κ2) is 5.76. The maximum absolute atomic E-state index is 5.71. The van der Waals surface area contributed by atoms with Crippen LogP contribution in [0, 0.1) is 6.92 Å². The largest absolute Gasteiger partial charge is 0.492 e. The van der Waals surface area contributed by atoms with E-state index in [1.54, 1.807) is 0 Å². The summed E-state index contributed by atoms with van der Waals surface area (Å²) in [4.78, 5) is 0. The van der Waals surface area contributed by atoms with Gasteiger partial charge in [-0.1, -0.05) is 26.0 Å². The summed E-state index contributed by atoms with van der Waals surface area (Å²) in [5.41, 5.74) is 2.54. The normalized spacial score (nSPS) is 10.7. The maximum atomic E-state index is 5.71. The molecule has 1 rings (SSSR count). The highest BCUT2D eigenvalue weighted by atomic mass is 16.5. The van der Waals surface area contributed by atoms with Gasteiger partial charge in [0.2, 0.25) is 0 Å². The Morgan fingerprint density at radius 1 is 1.33 bits per heavy atom. The number of rotatable bonds is 5. The van der Waals surface area contributed by atoms with E-state index in [1.807, 2.05) is 7.05 Å². The van der Waals surface area contributed by atoms with Crippen LogP contribution in [0.2, 0.25) is 0 Å². The molecule has 15 heavy (non-hydrogen) atoms. The van der Waals surface area contributed by atoms with Crippen LogP contribution in [-0.4, -0.2) is 20.2 Å². The van der Waals surface area contributed by atoms with Gasteiger partial charge in [-0.25, -0.2) is 0 Å². The third-order valence-electron chi connectivity index (χ3n) is 2.49. The molecule has 1 aromatic rings. The molecule has 84 valence electrons. The van der Waals surface area contributed by atoms with E-state index in [1.165, 1.54) is 11.1 Å². The fourth-order valence-corrected chi connectivity index (χ4v) is 1.39. The van der Waals surface area contributed by atoms with Gasteiger partial charge >= 0.3 is 0 Å². The average molecular weight is 207 g/mol. The molecule has 0 saturated heterocycles. The summed E-state index contributed by atoms with van der Waals surface area (Å²) >= 11 is 0. The zero-order valence-corrected chi connectivity index (χ0v) is 10.1. The minimum atomic E-state index is 0.553. The summed E-state index contributed by atoms with van der Waals surface area (Å²) in [6, 6.07) is 6.45. The van der Waals surface area contributed by atoms with Crippen molar-refractivity contribution in [1.82, 2.24) is 5.32 Å². The van der Waals surface area contributed by atoms with Gasteiger partial charge in [0, 0.05) is 6.54 Å². The van der Waals surface area contributed by atoms with E-state index < -0.39 is 0 Å². The lowest BCUT2D eigenvalue weighted by atomic mass is 10.0. The molecule has 0 spiro atoms. The van der Waals surface area contributed by atoms with Crippen LogP contribution in [0.3, 0.4) is 0 Å². The zero-order chi connectivity index (χ0) is 11.3. The van der Waals surface area contributed by atoms with Crippen LogP contribution in [0.15, 0.2) is 18.2 Å². The number of likely N-dealkylation sites (N-methyl/N-ethyl adjacent to an activating group) is 1. The lowest BCUT2D eigenvalue weighted by Crippen LogP contribution is -2.16. The van der Waals surface area contributed by atoms with Crippen LogP contribution in [0.25, 0.3) is 0 Å². The maximum Gasteiger partial charge on any atom is 0.122 e. The quantitative estimate of drug-likeness (QED) is 0.750. The topological polar surface area (TPSA) is 21.3 Å². The molecule has 0 atom stereocenters. The van der Waals surface area contributed by atoms with Crippen molar-refractivity contribution in [1.29, 1.82) is 0 Å². The van der Waals surface area contributed by atoms with E-state index in [0.29, 0.717) is 5.92 Å². The van der Waals surface area contributed by atoms with E-state index >= 15 is 0 Å². The molecule has 0 radical (unpaired) electrons. The van der Waals surface area contributed by atoms with Crippen LogP contribution in [-0.2, 0) is 0 Å². The lowest BCUT2D eigenvalue weighted by molar-refractivity contribution is 0.316. The molecular weight excluding hydrogens is 186 g/mol. The van der Waals surface area contributed by atoms with E-state index in [2.05, 4.69) is 44.3 Å². The molecule has 2 nitrogen and oxygen atoms in total. The summed E-state index contributed by atoms with van der Waals surface area (Å²) < 4.78 is 5.71. The van der Waals surface area contributed by atoms with E-state index in [0.717, 1.165) is 18.9 Å². The monoisotopic (exact) mass is 207 g/mol. The number of hydrogen-bond donors (Lipinski definition) is 1. The van der Waals surface area contributed by atoms with Gasteiger partial charge in [-0.05, 0) is 37.1 Å². The molecule has 0 saturated carbocycles. The first-order valence-electron chi connectivity index (χ1n) is 5.53. The molecule has 1 aromatic carbocycles. The third-order valence-corrected chi connectivity index (χ3v) is 2.49. The fourth-order valence-electron chi connectivity index (χ4n) is 1.39. The highest BCUT2D eigenvalue weighted by Crippen LogP contribution is 2.23. The van der Waals surface area contributed by atoms with E-state index in [-0.39, 0.29) is 0 Å². The molecule has 0 bridgehead atoms. The van der Waals surface area contributed by atoms with Gasteiger partial charge in [0.25, 0.3) is 0 Å². The Morgan fingerprint density at radius 2 is 2.07 bits per heavy atom. The van der Waals surface area contributed by atoms with Crippen molar-refractivity contribution in [2.75, 3.05) is 20.2 Å². The number of ether oxygens (including phenoxy) is 1. The van der Waals surface area contributed by atoms with Gasteiger partial charge in [0.05, 0.1) is 0 Å². The van der Waals surface area contributed by atoms with Gasteiger partial charge in [-0.3, -0.25) is 0 Å². The second-order valence-electron chi connectivity index (χ2n) is 4.13. The van der Waals surface area contributed by atoms with Crippen molar-refractivity contribution in [2.45, 2.75) is 26.7 Å². The first-order chi connectivity index (χ1) is 7.15. The molecule has 0 fully saturated rings. The third kappa shape index (κ3) is 3.56. The van der Waals surface area contributed by atoms with E-state index in [9.17, 15) is 0 Å². The number of nitrogens with one attached hydrogen (secondary N) is 1. The standard InChI is InChI=1S/C13H21NO/c1-10(2)12-6-5-11(3)13(9-12)15-8-7-14-4/h5-6,9-10,14H,7-8H2,1-4H3. The lowest BCUT2D eigenvalue weighted by Gasteiger charge is -2.12. The zero-order valence-electron chi connectivity index (χ0n) is 10.1. The second-order valence-corrected chi connectivity index (χ2v) is 4.13. The van der Waals surface area contributed by atoms with Crippen molar-refractivity contribution in [3.63, 3.8) is 0 Å². The first-order valence-corrected chi connectivity index (χ1v) is 5.53. The Balaban J connectivity index is 2.72. The SMILES string of the molecule is CNCCOc1cc(C(C)C)ccc1C. The van der Waals surface area contributed by atoms with Crippen LogP contribution in [0.5, 0.6) is 5.75 Å². The van der Waals surface area contributed by atoms with Crippen LogP contribution >= 0.6 is 0 Å². The van der Waals surface area contributed by atoms with Crippen molar-refractivity contribution >= 4 is 0 Å². The molecular formula is C13H21NO. The van der Waals surface area contributed by atoms with Gasteiger partial charge in [-0.15, -0.1) is 0 Å². The average Bonchev–Trinajstić information content (AvgIpc) is 2.20. The fraction of sp³-hybridized carbons (Fsp3) is 0.538. The summed E-state index contributed by atoms with van der Waals surface area (Å²) in [6.45, 7) is 8.08. The Kier molecular flexibility index (Phi) is 4.63. The summed E-state index contributed by atoms with van der Waals surface area (Å²) in [6.07, 6.45) is 0. The van der Waals surface area contributed by atoms with E-state index in [4.69, 9.17) is 4.74 Å². The van der Waals surface area contributed by atoms with Crippen molar-refractivity contribution in [3.8, 4) is 5.75 Å². The first kappa shape index (κ1) is 12.1. The molecule has 2 heteroatoms. The van der Waals surface area contributed by atoms with Crippen LogP contribution in [0.1, 0.15) is 30.9 Å². The molecule has 0 aliphatic rings. The Labute approximate surface area is 92.6 Å². The summed E-state index contributed by atoms with van der Waals surface area (Å²) in [5, 5.41) is 3.07. The van der Waals surface area contributed by atoms with Crippen molar-refractivity contribution < 1.29 is 4.74 Å². The molecule has 0 aromatic heterocycles. The van der Waals surface area contributed by atoms with Crippen molar-refractivity contribution in [3.05, 3.63) is 29.3 Å². The number of benzene rings is 1. The highest BCUT2D eigenvalue weighted by Gasteiger charge is 2.04. The summed E-state index contributed by atoms with van der Waals surface area (Å²) in [5.74, 6) is 1.56. The Hall–Kier alpha value is -1.02. The smallest absolute Gasteiger partial charge is 0.122 e. The van der Waals surface area contributed by atoms with Gasteiger partial charge < -0.3 is 10.1 Å². The highest BCUT2D eigenvalue weighted by molar-refractivity contribution is 5.37. The predicted molar refractivity (Wildman–Crippen MR) is 64.7 cm³/mol. The van der Waals surface area contributed by atoms with Crippen molar-refractivity contribution in [2.24, 2.45) is 0 Å². The Morgan fingerprint density at radius 3 is 2.67 bits per heavy atom. The number of aryl methyl sites for hydroxylation is 1. The summed E-state index contributed by atoms with van der Waals surface area (Å²) in [7, 11) is 1.93. The van der Waals surface area contributed by atoms with Gasteiger partial charge in [0.1, 0.15) is 12.4 Å². The molecule has 0 unspecified atom stereocenters. The molecule has 0 aliphatic carbocycles. The molecule has 1 N–H and O–H groups in total. The Bertz CT molecular complexity index is 307. The minimum absolute atomic E-state index is 0.553.